The third kappa shape index (κ3) is 5.45. The molecule has 0 bridgehead atoms. The summed E-state index contributed by atoms with van der Waals surface area (Å²) in [5.74, 6) is -3.50. The number of nitrogens with one attached hydrogen (secondary N) is 1. The lowest BCUT2D eigenvalue weighted by molar-refractivity contribution is -0.157. The number of pyridine rings is 1. The zero-order valence-corrected chi connectivity index (χ0v) is 22.1. The topological polar surface area (TPSA) is 75.0 Å². The summed E-state index contributed by atoms with van der Waals surface area (Å²) >= 11 is 12.1. The Morgan fingerprint density at radius 1 is 1.23 bits per heavy atom. The van der Waals surface area contributed by atoms with E-state index in [9.17, 15) is 10.1 Å². The summed E-state index contributed by atoms with van der Waals surface area (Å²) in [4.78, 5) is 17.6. The van der Waals surface area contributed by atoms with Crippen molar-refractivity contribution in [1.29, 1.82) is 5.26 Å². The van der Waals surface area contributed by atoms with Crippen LogP contribution in [0.25, 0.3) is 0 Å². The maximum atomic E-state index is 15.5. The molecular formula is C26H29Cl2F2N3O2. The third-order valence-electron chi connectivity index (χ3n) is 5.93. The molecule has 0 spiro atoms. The molecule has 1 aromatic carbocycles. The summed E-state index contributed by atoms with van der Waals surface area (Å²) in [6.45, 7) is 11.0. The first-order chi connectivity index (χ1) is 16.1. The average Bonchev–Trinajstić information content (AvgIpc) is 3.02. The standard InChI is InChI=1S/C26H29Cl2F2N3O2/c1-24(2,3)11-18-26(13-31,22-17(29)10-14(27)12-32-22)19(15-8-7-9-16(28)20(15)30)21(33-18)23(34)35-25(4,5)6/h7-10,12,18-19,21,33H,11H2,1-6H3/t18-,19-,21+,26-/m0/s1. The molecule has 5 nitrogen and oxygen atoms in total. The summed E-state index contributed by atoms with van der Waals surface area (Å²) in [5, 5.41) is 13.8. The highest BCUT2D eigenvalue weighted by Gasteiger charge is 2.62. The predicted molar refractivity (Wildman–Crippen MR) is 131 cm³/mol. The van der Waals surface area contributed by atoms with Crippen molar-refractivity contribution in [2.75, 3.05) is 0 Å². The largest absolute Gasteiger partial charge is 0.459 e. The number of nitrogens with zero attached hydrogens (tertiary/aromatic N) is 2. The summed E-state index contributed by atoms with van der Waals surface area (Å²) in [5.41, 5.74) is -3.20. The molecule has 0 amide bonds. The van der Waals surface area contributed by atoms with Crippen LogP contribution in [-0.4, -0.2) is 28.6 Å². The normalized spacial score (nSPS) is 24.8. The van der Waals surface area contributed by atoms with Crippen LogP contribution in [0.15, 0.2) is 30.5 Å². The average molecular weight is 524 g/mol. The van der Waals surface area contributed by atoms with Gasteiger partial charge in [-0.2, -0.15) is 5.26 Å². The Labute approximate surface area is 214 Å². The second-order valence-corrected chi connectivity index (χ2v) is 11.9. The van der Waals surface area contributed by atoms with Crippen LogP contribution in [0.3, 0.4) is 0 Å². The molecule has 35 heavy (non-hydrogen) atoms. The number of ether oxygens (including phenoxy) is 1. The van der Waals surface area contributed by atoms with Crippen LogP contribution in [0, 0.1) is 28.4 Å². The SMILES string of the molecule is CC(C)(C)C[C@@H]1N[C@@H](C(=O)OC(C)(C)C)[C@H](c2cccc(Cl)c2F)[C@@]1(C#N)c1ncc(Cl)cc1F. The van der Waals surface area contributed by atoms with Gasteiger partial charge in [-0.25, -0.2) is 8.78 Å². The van der Waals surface area contributed by atoms with E-state index in [-0.39, 0.29) is 26.7 Å². The molecular weight excluding hydrogens is 495 g/mol. The molecule has 0 saturated carbocycles. The molecule has 1 saturated heterocycles. The summed E-state index contributed by atoms with van der Waals surface area (Å²) in [7, 11) is 0. The van der Waals surface area contributed by atoms with Crippen molar-refractivity contribution in [2.45, 2.75) is 77.0 Å². The van der Waals surface area contributed by atoms with Gasteiger partial charge in [0, 0.05) is 18.2 Å². The number of benzene rings is 1. The Morgan fingerprint density at radius 3 is 2.43 bits per heavy atom. The van der Waals surface area contributed by atoms with E-state index in [1.165, 1.54) is 24.4 Å². The first-order valence-electron chi connectivity index (χ1n) is 11.3. The van der Waals surface area contributed by atoms with Gasteiger partial charge in [-0.15, -0.1) is 0 Å². The zero-order chi connectivity index (χ0) is 26.3. The molecule has 9 heteroatoms. The van der Waals surface area contributed by atoms with Gasteiger partial charge < -0.3 is 4.74 Å². The number of hydrogen-bond acceptors (Lipinski definition) is 5. The lowest BCUT2D eigenvalue weighted by Gasteiger charge is -2.36. The van der Waals surface area contributed by atoms with Gasteiger partial charge in [0.25, 0.3) is 0 Å². The number of rotatable bonds is 4. The lowest BCUT2D eigenvalue weighted by atomic mass is 9.64. The summed E-state index contributed by atoms with van der Waals surface area (Å²) in [6.07, 6.45) is 1.59. The van der Waals surface area contributed by atoms with Gasteiger partial charge >= 0.3 is 5.97 Å². The fraction of sp³-hybridized carbons (Fsp3) is 0.500. The molecule has 1 N–H and O–H groups in total. The maximum absolute atomic E-state index is 15.5. The van der Waals surface area contributed by atoms with Crippen molar-refractivity contribution in [3.05, 3.63) is 63.4 Å². The molecule has 188 valence electrons. The van der Waals surface area contributed by atoms with Crippen LogP contribution < -0.4 is 5.32 Å². The van der Waals surface area contributed by atoms with Gasteiger partial charge in [-0.1, -0.05) is 56.1 Å². The van der Waals surface area contributed by atoms with Crippen molar-refractivity contribution >= 4 is 29.2 Å². The van der Waals surface area contributed by atoms with E-state index in [0.29, 0.717) is 6.42 Å². The van der Waals surface area contributed by atoms with Gasteiger partial charge in [0.05, 0.1) is 21.8 Å². The molecule has 2 heterocycles. The summed E-state index contributed by atoms with van der Waals surface area (Å²) < 4.78 is 36.6. The van der Waals surface area contributed by atoms with Crippen molar-refractivity contribution in [1.82, 2.24) is 10.3 Å². The minimum atomic E-state index is -1.78. The van der Waals surface area contributed by atoms with Gasteiger partial charge in [0.15, 0.2) is 0 Å². The number of esters is 1. The molecule has 1 aromatic heterocycles. The fourth-order valence-corrected chi connectivity index (χ4v) is 5.07. The smallest absolute Gasteiger partial charge is 0.324 e. The first kappa shape index (κ1) is 27.3. The number of nitriles is 1. The van der Waals surface area contributed by atoms with Crippen LogP contribution in [0.2, 0.25) is 10.0 Å². The Hall–Kier alpha value is -2.27. The number of carbonyl (C=O) groups excluding carboxylic acids is 1. The molecule has 1 fully saturated rings. The van der Waals surface area contributed by atoms with E-state index < -0.39 is 46.6 Å². The van der Waals surface area contributed by atoms with E-state index in [4.69, 9.17) is 27.9 Å². The predicted octanol–water partition coefficient (Wildman–Crippen LogP) is 6.33. The van der Waals surface area contributed by atoms with Crippen LogP contribution in [0.5, 0.6) is 0 Å². The molecule has 3 rings (SSSR count). The highest BCUT2D eigenvalue weighted by Crippen LogP contribution is 2.52. The molecule has 0 radical (unpaired) electrons. The van der Waals surface area contributed by atoms with Crippen LogP contribution in [-0.2, 0) is 14.9 Å². The van der Waals surface area contributed by atoms with Crippen molar-refractivity contribution in [3.8, 4) is 6.07 Å². The lowest BCUT2D eigenvalue weighted by Crippen LogP contribution is -2.45. The van der Waals surface area contributed by atoms with E-state index in [1.54, 1.807) is 20.8 Å². The Balaban J connectivity index is 2.37. The molecule has 1 aliphatic heterocycles. The van der Waals surface area contributed by atoms with Crippen LogP contribution in [0.4, 0.5) is 8.78 Å². The van der Waals surface area contributed by atoms with E-state index >= 15 is 8.78 Å². The van der Waals surface area contributed by atoms with Crippen molar-refractivity contribution in [2.24, 2.45) is 5.41 Å². The monoisotopic (exact) mass is 523 g/mol. The van der Waals surface area contributed by atoms with E-state index in [0.717, 1.165) is 6.07 Å². The van der Waals surface area contributed by atoms with Crippen LogP contribution in [0.1, 0.15) is 65.1 Å². The number of carbonyl (C=O) groups is 1. The Bertz CT molecular complexity index is 1170. The van der Waals surface area contributed by atoms with Gasteiger partial charge in [0.1, 0.15) is 28.7 Å². The Morgan fingerprint density at radius 2 is 1.89 bits per heavy atom. The molecule has 1 aliphatic rings. The third-order valence-corrected chi connectivity index (χ3v) is 6.43. The van der Waals surface area contributed by atoms with Crippen molar-refractivity contribution in [3.63, 3.8) is 0 Å². The fourth-order valence-electron chi connectivity index (χ4n) is 4.74. The molecule has 0 unspecified atom stereocenters. The van der Waals surface area contributed by atoms with E-state index in [2.05, 4.69) is 16.4 Å². The van der Waals surface area contributed by atoms with Crippen LogP contribution >= 0.6 is 23.2 Å². The van der Waals surface area contributed by atoms with Gasteiger partial charge in [0.2, 0.25) is 0 Å². The molecule has 2 aromatic rings. The quantitative estimate of drug-likeness (QED) is 0.473. The molecule has 0 aliphatic carbocycles. The molecule has 4 atom stereocenters. The highest BCUT2D eigenvalue weighted by atomic mass is 35.5. The second kappa shape index (κ2) is 9.65. The van der Waals surface area contributed by atoms with E-state index in [1.807, 2.05) is 20.8 Å². The minimum absolute atomic E-state index is 0.00466. The zero-order valence-electron chi connectivity index (χ0n) is 20.5. The first-order valence-corrected chi connectivity index (χ1v) is 12.0. The van der Waals surface area contributed by atoms with Gasteiger partial charge in [-0.3, -0.25) is 15.1 Å². The summed E-state index contributed by atoms with van der Waals surface area (Å²) in [6, 6.07) is 5.69. The minimum Gasteiger partial charge on any atom is -0.459 e. The van der Waals surface area contributed by atoms with Crippen molar-refractivity contribution < 1.29 is 18.3 Å². The van der Waals surface area contributed by atoms with Gasteiger partial charge in [-0.05, 0) is 50.3 Å². The second-order valence-electron chi connectivity index (χ2n) is 11.1. The number of halogens is 4. The Kier molecular flexibility index (Phi) is 7.53. The number of aromatic nitrogens is 1. The maximum Gasteiger partial charge on any atom is 0.324 e. The highest BCUT2D eigenvalue weighted by molar-refractivity contribution is 6.31. The number of hydrogen-bond donors (Lipinski definition) is 1.